The van der Waals surface area contributed by atoms with E-state index >= 15 is 0 Å². The van der Waals surface area contributed by atoms with Crippen LogP contribution in [0.2, 0.25) is 4.34 Å². The van der Waals surface area contributed by atoms with Crippen LogP contribution < -0.4 is 0 Å². The highest BCUT2D eigenvalue weighted by atomic mass is 35.5. The molecular weight excluding hydrogens is 272 g/mol. The van der Waals surface area contributed by atoms with Crippen molar-refractivity contribution >= 4 is 34.0 Å². The minimum atomic E-state index is 0.203. The molecule has 0 bridgehead atoms. The van der Waals surface area contributed by atoms with Gasteiger partial charge in [-0.1, -0.05) is 25.4 Å². The second-order valence-electron chi connectivity index (χ2n) is 3.46. The van der Waals surface area contributed by atoms with Gasteiger partial charge in [-0.3, -0.25) is 0 Å². The number of halogens is 1. The Morgan fingerprint density at radius 3 is 2.50 bits per heavy atom. The molecule has 0 amide bonds. The van der Waals surface area contributed by atoms with Crippen LogP contribution in [0.3, 0.4) is 0 Å². The van der Waals surface area contributed by atoms with Gasteiger partial charge in [0.15, 0.2) is 0 Å². The molecule has 18 heavy (non-hydrogen) atoms. The Hall–Kier alpha value is -1.25. The topological polar surface area (TPSA) is 54.6 Å². The SMILES string of the molecule is CCCOC(=Nc1sc(Cl)cc1C#N)OCCC. The standard InChI is InChI=1S/C12H15ClN2O2S/c1-3-5-16-12(17-6-4-2)15-11-9(8-14)7-10(13)18-11/h7H,3-6H2,1-2H3. The molecule has 0 N–H and O–H groups in total. The summed E-state index contributed by atoms with van der Waals surface area (Å²) in [6, 6.07) is 3.63. The predicted molar refractivity (Wildman–Crippen MR) is 73.6 cm³/mol. The lowest BCUT2D eigenvalue weighted by atomic mass is 10.3. The van der Waals surface area contributed by atoms with Crippen LogP contribution in [-0.4, -0.2) is 19.3 Å². The van der Waals surface area contributed by atoms with E-state index < -0.39 is 0 Å². The normalized spacial score (nSPS) is 9.67. The zero-order chi connectivity index (χ0) is 13.4. The van der Waals surface area contributed by atoms with Gasteiger partial charge in [0.05, 0.1) is 23.1 Å². The van der Waals surface area contributed by atoms with Gasteiger partial charge in [0.2, 0.25) is 0 Å². The Bertz CT molecular complexity index is 441. The Balaban J connectivity index is 2.87. The third-order valence-electron chi connectivity index (χ3n) is 1.86. The molecule has 1 rings (SSSR count). The number of rotatable bonds is 5. The summed E-state index contributed by atoms with van der Waals surface area (Å²) in [6.45, 7) is 5.06. The molecule has 0 aliphatic carbocycles. The maximum atomic E-state index is 8.94. The van der Waals surface area contributed by atoms with Crippen LogP contribution in [0.15, 0.2) is 11.1 Å². The van der Waals surface area contributed by atoms with Gasteiger partial charge in [-0.25, -0.2) is 0 Å². The van der Waals surface area contributed by atoms with Crippen molar-refractivity contribution in [2.75, 3.05) is 13.2 Å². The van der Waals surface area contributed by atoms with Crippen molar-refractivity contribution in [2.45, 2.75) is 26.7 Å². The molecule has 0 fully saturated rings. The Kier molecular flexibility index (Phi) is 6.55. The van der Waals surface area contributed by atoms with E-state index in [1.54, 1.807) is 6.07 Å². The number of nitrogens with zero attached hydrogens (tertiary/aromatic N) is 2. The summed E-state index contributed by atoms with van der Waals surface area (Å²) >= 11 is 7.08. The van der Waals surface area contributed by atoms with Crippen molar-refractivity contribution in [1.29, 1.82) is 5.26 Å². The van der Waals surface area contributed by atoms with Crippen molar-refractivity contribution in [3.63, 3.8) is 0 Å². The lowest BCUT2D eigenvalue weighted by Gasteiger charge is -2.08. The van der Waals surface area contributed by atoms with Gasteiger partial charge in [0.25, 0.3) is 0 Å². The monoisotopic (exact) mass is 286 g/mol. The lowest BCUT2D eigenvalue weighted by Crippen LogP contribution is -2.11. The summed E-state index contributed by atoms with van der Waals surface area (Å²) in [6.07, 6.45) is 1.93. The molecule has 0 saturated heterocycles. The number of ether oxygens (including phenoxy) is 2. The molecule has 0 spiro atoms. The van der Waals surface area contributed by atoms with Gasteiger partial charge in [-0.2, -0.15) is 10.3 Å². The molecule has 0 saturated carbocycles. The summed E-state index contributed by atoms with van der Waals surface area (Å²) in [5.41, 5.74) is 0.433. The van der Waals surface area contributed by atoms with E-state index in [1.165, 1.54) is 11.3 Å². The highest BCUT2D eigenvalue weighted by Crippen LogP contribution is 2.33. The van der Waals surface area contributed by atoms with E-state index in [0.29, 0.717) is 28.1 Å². The van der Waals surface area contributed by atoms with Crippen molar-refractivity contribution in [3.8, 4) is 6.07 Å². The summed E-state index contributed by atoms with van der Waals surface area (Å²) in [4.78, 5) is 4.21. The smallest absolute Gasteiger partial charge is 0.389 e. The molecule has 6 heteroatoms. The molecule has 0 aromatic carbocycles. The Labute approximate surface area is 116 Å². The molecule has 4 nitrogen and oxygen atoms in total. The average molecular weight is 287 g/mol. The van der Waals surface area contributed by atoms with Gasteiger partial charge in [0, 0.05) is 0 Å². The van der Waals surface area contributed by atoms with Crippen molar-refractivity contribution < 1.29 is 9.47 Å². The summed E-state index contributed by atoms with van der Waals surface area (Å²) in [5, 5.41) is 9.46. The second-order valence-corrected chi connectivity index (χ2v) is 5.12. The number of hydrogen-bond acceptors (Lipinski definition) is 5. The van der Waals surface area contributed by atoms with Gasteiger partial charge in [0.1, 0.15) is 11.1 Å². The molecule has 0 radical (unpaired) electrons. The fraction of sp³-hybridized carbons (Fsp3) is 0.500. The van der Waals surface area contributed by atoms with Crippen LogP contribution >= 0.6 is 22.9 Å². The zero-order valence-corrected chi connectivity index (χ0v) is 12.0. The highest BCUT2D eigenvalue weighted by molar-refractivity contribution is 7.19. The van der Waals surface area contributed by atoms with E-state index in [-0.39, 0.29) is 6.08 Å². The Morgan fingerprint density at radius 1 is 1.39 bits per heavy atom. The van der Waals surface area contributed by atoms with E-state index in [0.717, 1.165) is 12.8 Å². The van der Waals surface area contributed by atoms with Crippen molar-refractivity contribution in [2.24, 2.45) is 4.99 Å². The molecule has 1 aromatic rings. The van der Waals surface area contributed by atoms with E-state index in [4.69, 9.17) is 26.3 Å². The van der Waals surface area contributed by atoms with E-state index in [2.05, 4.69) is 4.99 Å². The number of hydrogen-bond donors (Lipinski definition) is 0. The maximum Gasteiger partial charge on any atom is 0.389 e. The molecule has 98 valence electrons. The molecular formula is C12H15ClN2O2S. The first-order chi connectivity index (χ1) is 8.71. The van der Waals surface area contributed by atoms with Gasteiger partial charge < -0.3 is 9.47 Å². The fourth-order valence-corrected chi connectivity index (χ4v) is 2.11. The summed E-state index contributed by atoms with van der Waals surface area (Å²) in [5.74, 6) is 0. The minimum absolute atomic E-state index is 0.203. The summed E-state index contributed by atoms with van der Waals surface area (Å²) in [7, 11) is 0. The predicted octanol–water partition coefficient (Wildman–Crippen LogP) is 4.11. The second kappa shape index (κ2) is 7.96. The first kappa shape index (κ1) is 14.8. The van der Waals surface area contributed by atoms with Gasteiger partial charge in [-0.15, -0.1) is 11.3 Å². The van der Waals surface area contributed by atoms with Crippen molar-refractivity contribution in [3.05, 3.63) is 16.0 Å². The third kappa shape index (κ3) is 4.55. The number of thiophene rings is 1. The molecule has 1 aromatic heterocycles. The fourth-order valence-electron chi connectivity index (χ4n) is 1.08. The average Bonchev–Trinajstić information content (AvgIpc) is 2.72. The molecule has 0 atom stereocenters. The van der Waals surface area contributed by atoms with E-state index in [9.17, 15) is 0 Å². The zero-order valence-electron chi connectivity index (χ0n) is 10.4. The van der Waals surface area contributed by atoms with Crippen LogP contribution in [0, 0.1) is 11.3 Å². The maximum absolute atomic E-state index is 8.94. The number of aliphatic imine (C=N–C) groups is 1. The Morgan fingerprint density at radius 2 is 2.00 bits per heavy atom. The number of nitriles is 1. The van der Waals surface area contributed by atoms with Gasteiger partial charge in [-0.05, 0) is 18.9 Å². The van der Waals surface area contributed by atoms with Crippen LogP contribution in [0.25, 0.3) is 0 Å². The first-order valence-electron chi connectivity index (χ1n) is 5.75. The van der Waals surface area contributed by atoms with E-state index in [1.807, 2.05) is 19.9 Å². The first-order valence-corrected chi connectivity index (χ1v) is 6.94. The molecule has 0 unspecified atom stereocenters. The van der Waals surface area contributed by atoms with Crippen molar-refractivity contribution in [1.82, 2.24) is 0 Å². The lowest BCUT2D eigenvalue weighted by molar-refractivity contribution is 0.166. The molecule has 0 aliphatic heterocycles. The van der Waals surface area contributed by atoms with Crippen LogP contribution in [0.4, 0.5) is 5.00 Å². The summed E-state index contributed by atoms with van der Waals surface area (Å²) < 4.78 is 11.3. The third-order valence-corrected chi connectivity index (χ3v) is 3.01. The van der Waals surface area contributed by atoms with Crippen LogP contribution in [0.5, 0.6) is 0 Å². The van der Waals surface area contributed by atoms with Crippen LogP contribution in [-0.2, 0) is 9.47 Å². The molecule has 0 aliphatic rings. The quantitative estimate of drug-likeness (QED) is 0.604. The largest absolute Gasteiger partial charge is 0.450 e. The highest BCUT2D eigenvalue weighted by Gasteiger charge is 2.10. The van der Waals surface area contributed by atoms with Crippen LogP contribution in [0.1, 0.15) is 32.3 Å². The van der Waals surface area contributed by atoms with Gasteiger partial charge >= 0.3 is 6.08 Å². The minimum Gasteiger partial charge on any atom is -0.450 e. The molecule has 1 heterocycles.